The van der Waals surface area contributed by atoms with Gasteiger partial charge in [0.05, 0.1) is 6.10 Å². The highest BCUT2D eigenvalue weighted by Crippen LogP contribution is 2.04. The number of hydrogen-bond acceptors (Lipinski definition) is 1. The van der Waals surface area contributed by atoms with E-state index in [1.807, 2.05) is 13.0 Å². The molecular weight excluding hydrogens is 124 g/mol. The molecule has 0 aromatic heterocycles. The predicted molar refractivity (Wildman–Crippen MR) is 45.1 cm³/mol. The van der Waals surface area contributed by atoms with E-state index in [0.717, 1.165) is 13.0 Å². The summed E-state index contributed by atoms with van der Waals surface area (Å²) in [5.74, 6) is 0. The van der Waals surface area contributed by atoms with E-state index in [9.17, 15) is 0 Å². The van der Waals surface area contributed by atoms with Gasteiger partial charge in [-0.15, -0.1) is 6.58 Å². The van der Waals surface area contributed by atoms with Gasteiger partial charge in [-0.3, -0.25) is 0 Å². The molecule has 0 amide bonds. The summed E-state index contributed by atoms with van der Waals surface area (Å²) in [6, 6.07) is 0. The summed E-state index contributed by atoms with van der Waals surface area (Å²) in [6.07, 6.45) is 5.76. The molecule has 0 aliphatic carbocycles. The van der Waals surface area contributed by atoms with Crippen LogP contribution in [0.3, 0.4) is 0 Å². The molecule has 0 bridgehead atoms. The third-order valence-electron chi connectivity index (χ3n) is 1.49. The van der Waals surface area contributed by atoms with Crippen molar-refractivity contribution in [2.24, 2.45) is 0 Å². The quantitative estimate of drug-likeness (QED) is 0.518. The van der Waals surface area contributed by atoms with Crippen molar-refractivity contribution in [1.82, 2.24) is 0 Å². The van der Waals surface area contributed by atoms with Gasteiger partial charge in [0.2, 0.25) is 0 Å². The van der Waals surface area contributed by atoms with Crippen molar-refractivity contribution in [3.05, 3.63) is 12.7 Å². The SMILES string of the molecule is C=CC(CCCC)OCC. The normalized spacial score (nSPS) is 13.0. The Labute approximate surface area is 64.1 Å². The Kier molecular flexibility index (Phi) is 6.61. The molecule has 1 unspecified atom stereocenters. The molecule has 1 heteroatoms. The van der Waals surface area contributed by atoms with Gasteiger partial charge in [0.1, 0.15) is 0 Å². The molecule has 0 aromatic carbocycles. The summed E-state index contributed by atoms with van der Waals surface area (Å²) in [5.41, 5.74) is 0. The van der Waals surface area contributed by atoms with Crippen LogP contribution in [0, 0.1) is 0 Å². The number of hydrogen-bond donors (Lipinski definition) is 0. The molecule has 0 rings (SSSR count). The monoisotopic (exact) mass is 142 g/mol. The summed E-state index contributed by atoms with van der Waals surface area (Å²) in [5, 5.41) is 0. The van der Waals surface area contributed by atoms with Gasteiger partial charge < -0.3 is 4.74 Å². The van der Waals surface area contributed by atoms with E-state index in [4.69, 9.17) is 4.74 Å². The standard InChI is InChI=1S/C9H18O/c1-4-7-8-9(5-2)10-6-3/h5,9H,2,4,6-8H2,1,3H3. The maximum Gasteiger partial charge on any atom is 0.0753 e. The van der Waals surface area contributed by atoms with E-state index in [0.29, 0.717) is 0 Å². The Bertz CT molecular complexity index is 78.8. The average Bonchev–Trinajstić information content (AvgIpc) is 1.98. The molecule has 0 aliphatic rings. The van der Waals surface area contributed by atoms with E-state index >= 15 is 0 Å². The fourth-order valence-electron chi connectivity index (χ4n) is 0.889. The Morgan fingerprint density at radius 2 is 2.20 bits per heavy atom. The van der Waals surface area contributed by atoms with Gasteiger partial charge in [0.25, 0.3) is 0 Å². The van der Waals surface area contributed by atoms with Crippen LogP contribution in [0.1, 0.15) is 33.1 Å². The van der Waals surface area contributed by atoms with Gasteiger partial charge >= 0.3 is 0 Å². The van der Waals surface area contributed by atoms with Crippen LogP contribution < -0.4 is 0 Å². The molecule has 1 nitrogen and oxygen atoms in total. The largest absolute Gasteiger partial charge is 0.374 e. The molecule has 1 atom stereocenters. The lowest BCUT2D eigenvalue weighted by Gasteiger charge is -2.10. The van der Waals surface area contributed by atoms with Crippen LogP contribution in [0.5, 0.6) is 0 Å². The second kappa shape index (κ2) is 6.81. The van der Waals surface area contributed by atoms with Crippen LogP contribution in [0.25, 0.3) is 0 Å². The van der Waals surface area contributed by atoms with Crippen molar-refractivity contribution in [2.45, 2.75) is 39.2 Å². The van der Waals surface area contributed by atoms with Crippen molar-refractivity contribution >= 4 is 0 Å². The molecule has 0 heterocycles. The first kappa shape index (κ1) is 9.70. The molecule has 10 heavy (non-hydrogen) atoms. The zero-order valence-electron chi connectivity index (χ0n) is 7.10. The minimum atomic E-state index is 0.282. The lowest BCUT2D eigenvalue weighted by Crippen LogP contribution is -2.08. The molecule has 0 saturated carbocycles. The molecule has 0 spiro atoms. The van der Waals surface area contributed by atoms with Crippen molar-refractivity contribution in [2.75, 3.05) is 6.61 Å². The van der Waals surface area contributed by atoms with E-state index in [-0.39, 0.29) is 6.10 Å². The Morgan fingerprint density at radius 1 is 1.50 bits per heavy atom. The summed E-state index contributed by atoms with van der Waals surface area (Å²) in [7, 11) is 0. The third-order valence-corrected chi connectivity index (χ3v) is 1.49. The Hall–Kier alpha value is -0.300. The Morgan fingerprint density at radius 3 is 2.60 bits per heavy atom. The summed E-state index contributed by atoms with van der Waals surface area (Å²) in [6.45, 7) is 8.70. The maximum absolute atomic E-state index is 5.38. The minimum Gasteiger partial charge on any atom is -0.374 e. The summed E-state index contributed by atoms with van der Waals surface area (Å²) in [4.78, 5) is 0. The number of unbranched alkanes of at least 4 members (excludes halogenated alkanes) is 1. The Balaban J connectivity index is 3.29. The molecule has 0 N–H and O–H groups in total. The van der Waals surface area contributed by atoms with Crippen LogP contribution in [-0.2, 0) is 4.74 Å². The van der Waals surface area contributed by atoms with E-state index in [1.54, 1.807) is 0 Å². The van der Waals surface area contributed by atoms with E-state index in [1.165, 1.54) is 12.8 Å². The maximum atomic E-state index is 5.38. The minimum absolute atomic E-state index is 0.282. The van der Waals surface area contributed by atoms with Gasteiger partial charge in [-0.2, -0.15) is 0 Å². The average molecular weight is 142 g/mol. The van der Waals surface area contributed by atoms with Crippen LogP contribution in [0.15, 0.2) is 12.7 Å². The first-order valence-electron chi connectivity index (χ1n) is 4.09. The fraction of sp³-hybridized carbons (Fsp3) is 0.778. The molecule has 0 fully saturated rings. The highest BCUT2D eigenvalue weighted by Gasteiger charge is 2.00. The van der Waals surface area contributed by atoms with Gasteiger partial charge in [-0.05, 0) is 13.3 Å². The fourth-order valence-corrected chi connectivity index (χ4v) is 0.889. The van der Waals surface area contributed by atoms with Crippen LogP contribution in [0.2, 0.25) is 0 Å². The number of ether oxygens (including phenoxy) is 1. The predicted octanol–water partition coefficient (Wildman–Crippen LogP) is 2.77. The van der Waals surface area contributed by atoms with Crippen molar-refractivity contribution in [1.29, 1.82) is 0 Å². The van der Waals surface area contributed by atoms with Gasteiger partial charge in [-0.25, -0.2) is 0 Å². The lowest BCUT2D eigenvalue weighted by molar-refractivity contribution is 0.0889. The lowest BCUT2D eigenvalue weighted by atomic mass is 10.1. The van der Waals surface area contributed by atoms with Gasteiger partial charge in [0, 0.05) is 6.61 Å². The van der Waals surface area contributed by atoms with E-state index in [2.05, 4.69) is 13.5 Å². The topological polar surface area (TPSA) is 9.23 Å². The van der Waals surface area contributed by atoms with Gasteiger partial charge in [-0.1, -0.05) is 25.8 Å². The molecule has 60 valence electrons. The molecule has 0 radical (unpaired) electrons. The molecule has 0 saturated heterocycles. The number of rotatable bonds is 6. The van der Waals surface area contributed by atoms with Crippen molar-refractivity contribution in [3.63, 3.8) is 0 Å². The second-order valence-corrected chi connectivity index (χ2v) is 2.37. The summed E-state index contributed by atoms with van der Waals surface area (Å²) >= 11 is 0. The van der Waals surface area contributed by atoms with Crippen LogP contribution >= 0.6 is 0 Å². The van der Waals surface area contributed by atoms with Gasteiger partial charge in [0.15, 0.2) is 0 Å². The second-order valence-electron chi connectivity index (χ2n) is 2.37. The van der Waals surface area contributed by atoms with E-state index < -0.39 is 0 Å². The summed E-state index contributed by atoms with van der Waals surface area (Å²) < 4.78 is 5.38. The zero-order valence-corrected chi connectivity index (χ0v) is 7.10. The molecular formula is C9H18O. The molecule has 0 aromatic rings. The van der Waals surface area contributed by atoms with Crippen LogP contribution in [-0.4, -0.2) is 12.7 Å². The van der Waals surface area contributed by atoms with Crippen molar-refractivity contribution in [3.8, 4) is 0 Å². The highest BCUT2D eigenvalue weighted by atomic mass is 16.5. The first-order valence-corrected chi connectivity index (χ1v) is 4.09. The third kappa shape index (κ3) is 4.57. The smallest absolute Gasteiger partial charge is 0.0753 e. The highest BCUT2D eigenvalue weighted by molar-refractivity contribution is 4.79. The van der Waals surface area contributed by atoms with Crippen molar-refractivity contribution < 1.29 is 4.74 Å². The van der Waals surface area contributed by atoms with Crippen LogP contribution in [0.4, 0.5) is 0 Å². The molecule has 0 aliphatic heterocycles. The zero-order chi connectivity index (χ0) is 7.82. The first-order chi connectivity index (χ1) is 4.85.